The van der Waals surface area contributed by atoms with Gasteiger partial charge in [-0.25, -0.2) is 0 Å². The number of carbonyl (C=O) groups excluding carboxylic acids is 2. The van der Waals surface area contributed by atoms with E-state index in [4.69, 9.17) is 9.47 Å². The molecular formula is C24H30N2O5S. The summed E-state index contributed by atoms with van der Waals surface area (Å²) in [7, 11) is 5.61. The number of benzene rings is 1. The summed E-state index contributed by atoms with van der Waals surface area (Å²) in [5, 5.41) is 14.8. The first kappa shape index (κ1) is 23.8. The third-order valence-electron chi connectivity index (χ3n) is 5.32. The Kier molecular flexibility index (Phi) is 7.93. The van der Waals surface area contributed by atoms with Gasteiger partial charge in [0.05, 0.1) is 45.3 Å². The fourth-order valence-electron chi connectivity index (χ4n) is 3.78. The van der Waals surface area contributed by atoms with E-state index in [0.717, 1.165) is 13.0 Å². The van der Waals surface area contributed by atoms with Gasteiger partial charge in [-0.3, -0.25) is 9.59 Å². The summed E-state index contributed by atoms with van der Waals surface area (Å²) in [5.41, 5.74) is 0.654. The van der Waals surface area contributed by atoms with Crippen LogP contribution in [0.3, 0.4) is 0 Å². The average Bonchev–Trinajstić information content (AvgIpc) is 3.40. The molecule has 1 aromatic carbocycles. The predicted octanol–water partition coefficient (Wildman–Crippen LogP) is 1.46. The van der Waals surface area contributed by atoms with Gasteiger partial charge >= 0.3 is 0 Å². The van der Waals surface area contributed by atoms with Crippen molar-refractivity contribution in [3.63, 3.8) is 0 Å². The molecule has 0 spiro atoms. The van der Waals surface area contributed by atoms with Gasteiger partial charge in [-0.2, -0.15) is 0 Å². The molecule has 2 heterocycles. The van der Waals surface area contributed by atoms with Crippen LogP contribution in [-0.4, -0.2) is 57.5 Å². The average molecular weight is 459 g/mol. The molecule has 0 fully saturated rings. The van der Waals surface area contributed by atoms with E-state index in [9.17, 15) is 14.7 Å². The molecule has 3 rings (SSSR count). The lowest BCUT2D eigenvalue weighted by Gasteiger charge is -2.28. The summed E-state index contributed by atoms with van der Waals surface area (Å²) in [6, 6.07) is 8.01. The number of nitrogens with zero attached hydrogens (tertiary/aromatic N) is 1. The Balaban J connectivity index is 2.02. The molecule has 1 aliphatic heterocycles. The first-order chi connectivity index (χ1) is 15.4. The molecule has 1 aliphatic rings. The second kappa shape index (κ2) is 10.7. The van der Waals surface area contributed by atoms with E-state index in [1.54, 1.807) is 42.8 Å². The van der Waals surface area contributed by atoms with Crippen LogP contribution in [0.5, 0.6) is 11.5 Å². The zero-order valence-corrected chi connectivity index (χ0v) is 19.8. The van der Waals surface area contributed by atoms with Crippen molar-refractivity contribution in [2.24, 2.45) is 0 Å². The van der Waals surface area contributed by atoms with Gasteiger partial charge in [-0.1, -0.05) is 19.1 Å². The van der Waals surface area contributed by atoms with Crippen LogP contribution in [0.25, 0.3) is 0 Å². The molecule has 1 aromatic heterocycles. The highest BCUT2D eigenvalue weighted by atomic mass is 32.1. The van der Waals surface area contributed by atoms with Gasteiger partial charge < -0.3 is 24.4 Å². The Morgan fingerprint density at radius 3 is 2.66 bits per heavy atom. The summed E-state index contributed by atoms with van der Waals surface area (Å²) < 4.78 is 11.2. The minimum absolute atomic E-state index is 0.000991. The molecule has 1 N–H and O–H groups in total. The van der Waals surface area contributed by atoms with Crippen molar-refractivity contribution < 1.29 is 29.1 Å². The van der Waals surface area contributed by atoms with E-state index in [1.165, 1.54) is 21.1 Å². The summed E-state index contributed by atoms with van der Waals surface area (Å²) >= 11 is 1.26. The molecule has 1 atom stereocenters. The van der Waals surface area contributed by atoms with Crippen molar-refractivity contribution >= 4 is 23.0 Å². The zero-order valence-electron chi connectivity index (χ0n) is 19.0. The largest absolute Gasteiger partial charge is 0.868 e. The molecule has 0 bridgehead atoms. The highest BCUT2D eigenvalue weighted by molar-refractivity contribution is 7.12. The molecule has 1 unspecified atom stereocenters. The van der Waals surface area contributed by atoms with E-state index in [-0.39, 0.29) is 5.57 Å². The number of hydrogen-bond acceptors (Lipinski definition) is 6. The van der Waals surface area contributed by atoms with Crippen LogP contribution in [0, 0.1) is 0 Å². The molecule has 32 heavy (non-hydrogen) atoms. The molecule has 7 nitrogen and oxygen atoms in total. The number of ketones is 1. The molecule has 1 amide bonds. The van der Waals surface area contributed by atoms with Crippen molar-refractivity contribution in [1.29, 1.82) is 0 Å². The fraction of sp³-hybridized carbons (Fsp3) is 0.417. The lowest BCUT2D eigenvalue weighted by molar-refractivity contribution is -0.858. The third kappa shape index (κ3) is 4.97. The van der Waals surface area contributed by atoms with E-state index in [1.807, 2.05) is 21.0 Å². The van der Waals surface area contributed by atoms with Gasteiger partial charge in [-0.15, -0.1) is 11.3 Å². The molecule has 8 heteroatoms. The molecule has 0 saturated heterocycles. The van der Waals surface area contributed by atoms with Crippen LogP contribution in [0.4, 0.5) is 0 Å². The second-order valence-electron chi connectivity index (χ2n) is 8.02. The zero-order chi connectivity index (χ0) is 23.3. The van der Waals surface area contributed by atoms with Crippen molar-refractivity contribution in [1.82, 2.24) is 4.90 Å². The number of quaternary nitrogens is 1. The first-order valence-electron chi connectivity index (χ1n) is 10.8. The fourth-order valence-corrected chi connectivity index (χ4v) is 4.45. The van der Waals surface area contributed by atoms with Crippen LogP contribution in [0.1, 0.15) is 41.0 Å². The number of rotatable bonds is 11. The third-order valence-corrected chi connectivity index (χ3v) is 6.18. The summed E-state index contributed by atoms with van der Waals surface area (Å²) in [4.78, 5) is 29.4. The van der Waals surface area contributed by atoms with Crippen molar-refractivity contribution in [3.05, 3.63) is 57.5 Å². The van der Waals surface area contributed by atoms with Gasteiger partial charge in [-0.05, 0) is 41.3 Å². The van der Waals surface area contributed by atoms with Gasteiger partial charge in [0.2, 0.25) is 11.7 Å². The maximum Gasteiger partial charge on any atom is 0.239 e. The molecule has 0 radical (unpaired) electrons. The number of hydrogen-bond donors (Lipinski definition) is 1. The van der Waals surface area contributed by atoms with Gasteiger partial charge in [0.1, 0.15) is 0 Å². The smallest absolute Gasteiger partial charge is 0.239 e. The van der Waals surface area contributed by atoms with E-state index in [0.29, 0.717) is 41.5 Å². The molecule has 0 saturated carbocycles. The number of methoxy groups -OCH3 is 1. The van der Waals surface area contributed by atoms with Crippen LogP contribution >= 0.6 is 11.3 Å². The Labute approximate surface area is 192 Å². The lowest BCUT2D eigenvalue weighted by Crippen LogP contribution is -3.05. The quantitative estimate of drug-likeness (QED) is 0.516. The summed E-state index contributed by atoms with van der Waals surface area (Å²) in [6.45, 7) is 3.79. The molecular weight excluding hydrogens is 428 g/mol. The lowest BCUT2D eigenvalue weighted by atomic mass is 9.95. The van der Waals surface area contributed by atoms with E-state index < -0.39 is 23.5 Å². The van der Waals surface area contributed by atoms with E-state index in [2.05, 4.69) is 0 Å². The molecule has 2 aromatic rings. The first-order valence-corrected chi connectivity index (χ1v) is 11.7. The number of Topliss-reactive ketones (excluding diaryl/α,β-unsaturated/α-hetero) is 1. The van der Waals surface area contributed by atoms with Crippen LogP contribution < -0.4 is 19.5 Å². The Morgan fingerprint density at radius 2 is 2.03 bits per heavy atom. The maximum atomic E-state index is 13.3. The summed E-state index contributed by atoms with van der Waals surface area (Å²) in [6.07, 6.45) is 1.57. The SMILES string of the molecule is CCCOc1ccc(C2C(C(=O)c3cccs3)=C([O-])C(=O)N2CCC[NH+](C)C)cc1OC. The molecule has 0 aliphatic carbocycles. The minimum Gasteiger partial charge on any atom is -0.868 e. The normalized spacial score (nSPS) is 16.2. The Bertz CT molecular complexity index is 984. The Hall–Kier alpha value is -2.84. The standard InChI is InChI=1S/C24H30N2O5S/c1-5-13-31-17-10-9-16(15-18(17)30-4)21-20(22(27)19-8-6-14-32-19)23(28)24(29)26(21)12-7-11-25(2)3/h6,8-10,14-15,21,28H,5,7,11-13H2,1-4H3. The van der Waals surface area contributed by atoms with Crippen LogP contribution in [0.2, 0.25) is 0 Å². The minimum atomic E-state index is -0.754. The summed E-state index contributed by atoms with van der Waals surface area (Å²) in [5.74, 6) is -0.662. The number of carbonyl (C=O) groups is 2. The predicted molar refractivity (Wildman–Crippen MR) is 121 cm³/mol. The van der Waals surface area contributed by atoms with Gasteiger partial charge in [0.15, 0.2) is 11.5 Å². The number of ether oxygens (including phenoxy) is 2. The van der Waals surface area contributed by atoms with E-state index >= 15 is 0 Å². The number of nitrogens with one attached hydrogen (secondary N) is 1. The maximum absolute atomic E-state index is 13.3. The Morgan fingerprint density at radius 1 is 1.25 bits per heavy atom. The monoisotopic (exact) mass is 458 g/mol. The van der Waals surface area contributed by atoms with Crippen molar-refractivity contribution in [3.8, 4) is 11.5 Å². The van der Waals surface area contributed by atoms with Crippen molar-refractivity contribution in [2.75, 3.05) is 40.9 Å². The topological polar surface area (TPSA) is 83.3 Å². The number of amides is 1. The molecule has 172 valence electrons. The van der Waals surface area contributed by atoms with Crippen LogP contribution in [-0.2, 0) is 4.79 Å². The van der Waals surface area contributed by atoms with Gasteiger partial charge in [0.25, 0.3) is 0 Å². The highest BCUT2D eigenvalue weighted by Gasteiger charge is 2.40. The van der Waals surface area contributed by atoms with Gasteiger partial charge in [0, 0.05) is 18.5 Å². The van der Waals surface area contributed by atoms with Crippen molar-refractivity contribution in [2.45, 2.75) is 25.8 Å². The number of thiophene rings is 1. The highest BCUT2D eigenvalue weighted by Crippen LogP contribution is 2.41. The second-order valence-corrected chi connectivity index (χ2v) is 8.97. The van der Waals surface area contributed by atoms with Crippen LogP contribution in [0.15, 0.2) is 47.0 Å².